The van der Waals surface area contributed by atoms with Crippen LogP contribution in [0.15, 0.2) is 45.8 Å². The molecule has 0 aromatic heterocycles. The second kappa shape index (κ2) is 12.1. The van der Waals surface area contributed by atoms with Gasteiger partial charge in [-0.3, -0.25) is 19.3 Å². The highest BCUT2D eigenvalue weighted by molar-refractivity contribution is 9.10. The van der Waals surface area contributed by atoms with Crippen molar-refractivity contribution in [1.82, 2.24) is 4.90 Å². The van der Waals surface area contributed by atoms with Crippen molar-refractivity contribution in [3.05, 3.63) is 51.3 Å². The van der Waals surface area contributed by atoms with Crippen LogP contribution in [0.2, 0.25) is 0 Å². The Labute approximate surface area is 217 Å². The van der Waals surface area contributed by atoms with E-state index in [9.17, 15) is 14.4 Å². The van der Waals surface area contributed by atoms with Crippen molar-refractivity contribution in [2.75, 3.05) is 25.6 Å². The zero-order chi connectivity index (χ0) is 25.5. The molecule has 3 rings (SSSR count). The molecule has 1 aliphatic heterocycles. The number of rotatable bonds is 10. The largest absolute Gasteiger partial charge is 0.497 e. The number of hydrogen-bond acceptors (Lipinski definition) is 7. The van der Waals surface area contributed by atoms with Crippen molar-refractivity contribution in [2.24, 2.45) is 0 Å². The van der Waals surface area contributed by atoms with Crippen LogP contribution < -0.4 is 19.5 Å². The van der Waals surface area contributed by atoms with E-state index < -0.39 is 17.1 Å². The van der Waals surface area contributed by atoms with E-state index in [2.05, 4.69) is 21.2 Å². The van der Waals surface area contributed by atoms with E-state index in [4.69, 9.17) is 14.2 Å². The normalized spacial score (nSPS) is 15.3. The predicted molar refractivity (Wildman–Crippen MR) is 140 cm³/mol. The van der Waals surface area contributed by atoms with E-state index in [1.165, 1.54) is 0 Å². The number of ether oxygens (including phenoxy) is 3. The number of amides is 3. The summed E-state index contributed by atoms with van der Waals surface area (Å²) in [6, 6.07) is 10.3. The lowest BCUT2D eigenvalue weighted by molar-refractivity contribution is -0.127. The van der Waals surface area contributed by atoms with Gasteiger partial charge in [-0.2, -0.15) is 0 Å². The van der Waals surface area contributed by atoms with Crippen LogP contribution in [-0.2, 0) is 9.59 Å². The highest BCUT2D eigenvalue weighted by atomic mass is 79.9. The first-order chi connectivity index (χ1) is 16.7. The third kappa shape index (κ3) is 6.79. The number of imide groups is 1. The molecule has 0 aliphatic carbocycles. The average Bonchev–Trinajstić information content (AvgIpc) is 3.09. The third-order valence-electron chi connectivity index (χ3n) is 5.07. The van der Waals surface area contributed by atoms with Gasteiger partial charge in [0.25, 0.3) is 11.1 Å². The van der Waals surface area contributed by atoms with E-state index in [0.717, 1.165) is 23.1 Å². The van der Waals surface area contributed by atoms with E-state index in [-0.39, 0.29) is 17.6 Å². The van der Waals surface area contributed by atoms with Gasteiger partial charge in [-0.15, -0.1) is 0 Å². The lowest BCUT2D eigenvalue weighted by Gasteiger charge is -2.18. The highest BCUT2D eigenvalue weighted by Gasteiger charge is 2.36. The number of methoxy groups -OCH3 is 1. The first-order valence-corrected chi connectivity index (χ1v) is 12.7. The number of nitrogens with zero attached hydrogens (tertiary/aromatic N) is 1. The Bertz CT molecular complexity index is 1140. The van der Waals surface area contributed by atoms with Gasteiger partial charge in [0.2, 0.25) is 5.91 Å². The molecule has 0 radical (unpaired) electrons. The molecule has 1 atom stereocenters. The topological polar surface area (TPSA) is 94.2 Å². The second-order valence-electron chi connectivity index (χ2n) is 7.64. The molecule has 1 heterocycles. The summed E-state index contributed by atoms with van der Waals surface area (Å²) in [5.74, 6) is 0.761. The SMILES string of the molecule is CCOc1cc(/C=C2/SC(=O)N(CC(=O)Nc3ccc(OC)cc3)C2=O)cc(Br)c1O[C@H](C)CC. The van der Waals surface area contributed by atoms with Crippen LogP contribution in [0.25, 0.3) is 6.08 Å². The Morgan fingerprint density at radius 1 is 1.20 bits per heavy atom. The average molecular weight is 563 g/mol. The van der Waals surface area contributed by atoms with Gasteiger partial charge in [-0.25, -0.2) is 0 Å². The van der Waals surface area contributed by atoms with Gasteiger partial charge in [0.15, 0.2) is 11.5 Å². The van der Waals surface area contributed by atoms with Crippen molar-refractivity contribution >= 4 is 56.5 Å². The monoisotopic (exact) mass is 562 g/mol. The molecule has 186 valence electrons. The number of benzene rings is 2. The van der Waals surface area contributed by atoms with Crippen LogP contribution in [0, 0.1) is 0 Å². The highest BCUT2D eigenvalue weighted by Crippen LogP contribution is 2.40. The van der Waals surface area contributed by atoms with Gasteiger partial charge in [-0.1, -0.05) is 6.92 Å². The smallest absolute Gasteiger partial charge is 0.294 e. The zero-order valence-corrected chi connectivity index (χ0v) is 22.3. The zero-order valence-electron chi connectivity index (χ0n) is 19.9. The maximum absolute atomic E-state index is 12.9. The molecule has 0 spiro atoms. The molecular weight excluding hydrogens is 536 g/mol. The molecule has 1 N–H and O–H groups in total. The lowest BCUT2D eigenvalue weighted by Crippen LogP contribution is -2.36. The standard InChI is InChI=1S/C25H27BrN2O6S/c1-5-15(3)34-23-19(26)11-16(12-20(23)33-6-2)13-21-24(30)28(25(31)35-21)14-22(29)27-17-7-9-18(32-4)10-8-17/h7-13,15H,5-6,14H2,1-4H3,(H,27,29)/b21-13+/t15-/m1/s1. The van der Waals surface area contributed by atoms with Crippen LogP contribution in [-0.4, -0.2) is 48.3 Å². The molecule has 1 fully saturated rings. The van der Waals surface area contributed by atoms with Gasteiger partial charge < -0.3 is 19.5 Å². The minimum Gasteiger partial charge on any atom is -0.497 e. The van der Waals surface area contributed by atoms with Crippen LogP contribution in [0.5, 0.6) is 17.2 Å². The molecule has 0 unspecified atom stereocenters. The first kappa shape index (κ1) is 26.6. The number of thioether (sulfide) groups is 1. The number of carbonyl (C=O) groups excluding carboxylic acids is 3. The van der Waals surface area contributed by atoms with Crippen LogP contribution in [0.1, 0.15) is 32.8 Å². The summed E-state index contributed by atoms with van der Waals surface area (Å²) in [5, 5.41) is 2.17. The Kier molecular flexibility index (Phi) is 9.22. The van der Waals surface area contributed by atoms with E-state index >= 15 is 0 Å². The van der Waals surface area contributed by atoms with Gasteiger partial charge in [0, 0.05) is 5.69 Å². The Morgan fingerprint density at radius 3 is 2.54 bits per heavy atom. The van der Waals surface area contributed by atoms with Crippen molar-refractivity contribution in [3.63, 3.8) is 0 Å². The fraction of sp³-hybridized carbons (Fsp3) is 0.320. The fourth-order valence-corrected chi connectivity index (χ4v) is 4.53. The van der Waals surface area contributed by atoms with Gasteiger partial charge in [0.1, 0.15) is 12.3 Å². The lowest BCUT2D eigenvalue weighted by atomic mass is 10.1. The molecule has 1 saturated heterocycles. The van der Waals surface area contributed by atoms with Crippen molar-refractivity contribution < 1.29 is 28.6 Å². The number of halogens is 1. The first-order valence-electron chi connectivity index (χ1n) is 11.1. The summed E-state index contributed by atoms with van der Waals surface area (Å²) in [4.78, 5) is 38.9. The molecule has 2 aromatic rings. The van der Waals surface area contributed by atoms with Crippen molar-refractivity contribution in [2.45, 2.75) is 33.3 Å². The molecular formula is C25H27BrN2O6S. The maximum atomic E-state index is 12.9. The second-order valence-corrected chi connectivity index (χ2v) is 9.49. The Balaban J connectivity index is 1.75. The van der Waals surface area contributed by atoms with Crippen LogP contribution >= 0.6 is 27.7 Å². The number of nitrogens with one attached hydrogen (secondary N) is 1. The van der Waals surface area contributed by atoms with Crippen molar-refractivity contribution in [3.8, 4) is 17.2 Å². The minimum absolute atomic E-state index is 0.00285. The van der Waals surface area contributed by atoms with Gasteiger partial charge in [0.05, 0.1) is 29.2 Å². The third-order valence-corrected chi connectivity index (χ3v) is 6.57. The fourth-order valence-electron chi connectivity index (χ4n) is 3.14. The maximum Gasteiger partial charge on any atom is 0.294 e. The summed E-state index contributed by atoms with van der Waals surface area (Å²) in [5.41, 5.74) is 1.19. The van der Waals surface area contributed by atoms with E-state index in [1.54, 1.807) is 49.6 Å². The molecule has 8 nitrogen and oxygen atoms in total. The summed E-state index contributed by atoms with van der Waals surface area (Å²) in [6.45, 7) is 5.92. The van der Waals surface area contributed by atoms with Gasteiger partial charge >= 0.3 is 0 Å². The van der Waals surface area contributed by atoms with E-state index in [1.807, 2.05) is 20.8 Å². The van der Waals surface area contributed by atoms with Gasteiger partial charge in [-0.05, 0) is 96.0 Å². The number of anilines is 1. The molecule has 0 saturated carbocycles. The molecule has 35 heavy (non-hydrogen) atoms. The van der Waals surface area contributed by atoms with Crippen molar-refractivity contribution in [1.29, 1.82) is 0 Å². The van der Waals surface area contributed by atoms with E-state index in [0.29, 0.717) is 39.6 Å². The molecule has 10 heteroatoms. The van der Waals surface area contributed by atoms with Crippen LogP contribution in [0.3, 0.4) is 0 Å². The quantitative estimate of drug-likeness (QED) is 0.370. The number of hydrogen-bond donors (Lipinski definition) is 1. The Hall–Kier alpha value is -2.98. The molecule has 2 aromatic carbocycles. The minimum atomic E-state index is -0.529. The molecule has 3 amide bonds. The molecule has 0 bridgehead atoms. The summed E-state index contributed by atoms with van der Waals surface area (Å²) >= 11 is 4.31. The predicted octanol–water partition coefficient (Wildman–Crippen LogP) is 5.71. The Morgan fingerprint density at radius 2 is 1.91 bits per heavy atom. The molecule has 1 aliphatic rings. The summed E-state index contributed by atoms with van der Waals surface area (Å²) < 4.78 is 17.5. The summed E-state index contributed by atoms with van der Waals surface area (Å²) in [7, 11) is 1.55. The summed E-state index contributed by atoms with van der Waals surface area (Å²) in [6.07, 6.45) is 2.43. The number of carbonyl (C=O) groups is 3. The van der Waals surface area contributed by atoms with Crippen LogP contribution in [0.4, 0.5) is 10.5 Å².